The summed E-state index contributed by atoms with van der Waals surface area (Å²) in [5.74, 6) is -0.0416. The number of halogens is 1. The second-order valence-corrected chi connectivity index (χ2v) is 9.53. The van der Waals surface area contributed by atoms with Crippen molar-refractivity contribution in [2.24, 2.45) is 5.92 Å². The number of likely N-dealkylation sites (tertiary alicyclic amines) is 1. The topological polar surface area (TPSA) is 63.0 Å². The predicted octanol–water partition coefficient (Wildman–Crippen LogP) is 5.76. The highest BCUT2D eigenvalue weighted by molar-refractivity contribution is 9.10. The van der Waals surface area contributed by atoms with Crippen molar-refractivity contribution in [1.29, 1.82) is 0 Å². The Morgan fingerprint density at radius 2 is 1.46 bits per heavy atom. The Bertz CT molecular complexity index is 1370. The van der Waals surface area contributed by atoms with Gasteiger partial charge in [0.25, 0.3) is 5.91 Å². The molecule has 4 aromatic rings. The van der Waals surface area contributed by atoms with Crippen LogP contribution in [-0.2, 0) is 21.0 Å². The van der Waals surface area contributed by atoms with Gasteiger partial charge in [0.2, 0.25) is 5.91 Å². The number of rotatable bonds is 5. The van der Waals surface area contributed by atoms with Gasteiger partial charge in [-0.3, -0.25) is 19.3 Å². The Hall–Kier alpha value is -3.68. The van der Waals surface area contributed by atoms with Crippen molar-refractivity contribution < 1.29 is 18.8 Å². The molecule has 6 nitrogen and oxygen atoms in total. The number of amides is 2. The standard InChI is InChI=1S/C28H21BrN2O4/c29-20-13-11-19(12-14-20)22-15-16-23(34-22)25-24-26(35-31(25)21-9-5-2-6-10-21)28(33)30(27(24)32)17-18-7-3-1-4-8-18/h1-16,24-26H,17H2/t24-,25-,26+/m1/s1. The molecule has 2 fully saturated rings. The Morgan fingerprint density at radius 3 is 2.17 bits per heavy atom. The molecular weight excluding hydrogens is 508 g/mol. The third kappa shape index (κ3) is 3.87. The Morgan fingerprint density at radius 1 is 0.771 bits per heavy atom. The van der Waals surface area contributed by atoms with Crippen LogP contribution < -0.4 is 5.06 Å². The van der Waals surface area contributed by atoms with Gasteiger partial charge in [0.1, 0.15) is 23.5 Å². The fourth-order valence-electron chi connectivity index (χ4n) is 4.76. The maximum atomic E-state index is 13.6. The second kappa shape index (κ2) is 8.83. The Kier molecular flexibility index (Phi) is 5.51. The number of hydrogen-bond donors (Lipinski definition) is 0. The number of imide groups is 1. The van der Waals surface area contributed by atoms with Crippen LogP contribution in [0.2, 0.25) is 0 Å². The van der Waals surface area contributed by atoms with E-state index < -0.39 is 18.1 Å². The van der Waals surface area contributed by atoms with E-state index in [0.29, 0.717) is 11.5 Å². The van der Waals surface area contributed by atoms with Gasteiger partial charge >= 0.3 is 0 Å². The largest absolute Gasteiger partial charge is 0.459 e. The fourth-order valence-corrected chi connectivity index (χ4v) is 5.03. The molecular formula is C28H21BrN2O4. The lowest BCUT2D eigenvalue weighted by molar-refractivity contribution is -0.143. The molecule has 3 atom stereocenters. The average Bonchev–Trinajstić information content (AvgIpc) is 3.58. The third-order valence-electron chi connectivity index (χ3n) is 6.45. The van der Waals surface area contributed by atoms with E-state index in [4.69, 9.17) is 9.25 Å². The van der Waals surface area contributed by atoms with Crippen LogP contribution in [0.4, 0.5) is 5.69 Å². The summed E-state index contributed by atoms with van der Waals surface area (Å²) in [4.78, 5) is 34.4. The molecule has 35 heavy (non-hydrogen) atoms. The van der Waals surface area contributed by atoms with Crippen LogP contribution >= 0.6 is 15.9 Å². The fraction of sp³-hybridized carbons (Fsp3) is 0.143. The summed E-state index contributed by atoms with van der Waals surface area (Å²) in [6.45, 7) is 0.217. The van der Waals surface area contributed by atoms with Crippen molar-refractivity contribution in [1.82, 2.24) is 4.90 Å². The van der Waals surface area contributed by atoms with Crippen LogP contribution in [0.1, 0.15) is 17.4 Å². The number of nitrogens with zero attached hydrogens (tertiary/aromatic N) is 2. The van der Waals surface area contributed by atoms with Gasteiger partial charge in [-0.05, 0) is 42.0 Å². The highest BCUT2D eigenvalue weighted by Gasteiger charge is 2.60. The van der Waals surface area contributed by atoms with Crippen molar-refractivity contribution in [3.63, 3.8) is 0 Å². The lowest BCUT2D eigenvalue weighted by Gasteiger charge is -2.27. The maximum Gasteiger partial charge on any atom is 0.262 e. The second-order valence-electron chi connectivity index (χ2n) is 8.62. The predicted molar refractivity (Wildman–Crippen MR) is 134 cm³/mol. The van der Waals surface area contributed by atoms with Gasteiger partial charge in [-0.2, -0.15) is 0 Å². The molecule has 0 N–H and O–H groups in total. The zero-order valence-electron chi connectivity index (χ0n) is 18.6. The van der Waals surface area contributed by atoms with Crippen LogP contribution in [0.25, 0.3) is 11.3 Å². The molecule has 0 aliphatic carbocycles. The molecule has 7 heteroatoms. The van der Waals surface area contributed by atoms with Gasteiger partial charge in [-0.15, -0.1) is 0 Å². The summed E-state index contributed by atoms with van der Waals surface area (Å²) in [6.07, 6.45) is -0.905. The highest BCUT2D eigenvalue weighted by Crippen LogP contribution is 2.47. The zero-order valence-corrected chi connectivity index (χ0v) is 20.2. The van der Waals surface area contributed by atoms with E-state index in [1.165, 1.54) is 4.90 Å². The molecule has 174 valence electrons. The van der Waals surface area contributed by atoms with Crippen LogP contribution in [0.15, 0.2) is 106 Å². The lowest BCUT2D eigenvalue weighted by atomic mass is 9.94. The monoisotopic (exact) mass is 528 g/mol. The number of carbonyl (C=O) groups is 2. The molecule has 1 aromatic heterocycles. The molecule has 0 spiro atoms. The van der Waals surface area contributed by atoms with Crippen LogP contribution in [0.3, 0.4) is 0 Å². The van der Waals surface area contributed by atoms with Gasteiger partial charge in [0.05, 0.1) is 12.2 Å². The number of fused-ring (bicyclic) bond motifs is 1. The van der Waals surface area contributed by atoms with Crippen molar-refractivity contribution in [2.75, 3.05) is 5.06 Å². The lowest BCUT2D eigenvalue weighted by Crippen LogP contribution is -2.36. The smallest absolute Gasteiger partial charge is 0.262 e. The first-order chi connectivity index (χ1) is 17.1. The van der Waals surface area contributed by atoms with Crippen molar-refractivity contribution in [3.8, 4) is 11.3 Å². The van der Waals surface area contributed by atoms with E-state index >= 15 is 0 Å². The van der Waals surface area contributed by atoms with Crippen molar-refractivity contribution in [2.45, 2.75) is 18.7 Å². The van der Waals surface area contributed by atoms with Crippen LogP contribution in [0.5, 0.6) is 0 Å². The number of hydroxylamine groups is 1. The first-order valence-corrected chi connectivity index (χ1v) is 12.2. The SMILES string of the molecule is O=C1[C@H]2[C@H](ON(c3ccccc3)[C@@H]2c2ccc(-c3ccc(Br)cc3)o2)C(=O)N1Cc1ccccc1. The third-order valence-corrected chi connectivity index (χ3v) is 6.98. The molecule has 2 saturated heterocycles. The quantitative estimate of drug-likeness (QED) is 0.308. The summed E-state index contributed by atoms with van der Waals surface area (Å²) in [5.41, 5.74) is 2.56. The van der Waals surface area contributed by atoms with E-state index in [-0.39, 0.29) is 18.4 Å². The molecule has 0 unspecified atom stereocenters. The van der Waals surface area contributed by atoms with Gasteiger partial charge in [-0.25, -0.2) is 5.06 Å². The zero-order chi connectivity index (χ0) is 23.9. The van der Waals surface area contributed by atoms with Gasteiger partial charge < -0.3 is 4.42 Å². The normalized spacial score (nSPS) is 21.6. The first-order valence-electron chi connectivity index (χ1n) is 11.4. The van der Waals surface area contributed by atoms with Gasteiger partial charge in [0, 0.05) is 10.0 Å². The van der Waals surface area contributed by atoms with Crippen molar-refractivity contribution in [3.05, 3.63) is 113 Å². The molecule has 2 aliphatic rings. The van der Waals surface area contributed by atoms with Crippen LogP contribution in [0, 0.1) is 5.92 Å². The number of carbonyl (C=O) groups excluding carboxylic acids is 2. The Labute approximate surface area is 210 Å². The Balaban J connectivity index is 1.37. The van der Waals surface area contributed by atoms with E-state index in [1.807, 2.05) is 97.1 Å². The summed E-state index contributed by atoms with van der Waals surface area (Å²) < 4.78 is 7.25. The van der Waals surface area contributed by atoms with E-state index in [2.05, 4.69) is 15.9 Å². The molecule has 2 aliphatic heterocycles. The summed E-state index contributed by atoms with van der Waals surface area (Å²) in [7, 11) is 0. The van der Waals surface area contributed by atoms with E-state index in [1.54, 1.807) is 5.06 Å². The average molecular weight is 529 g/mol. The first kappa shape index (κ1) is 21.8. The minimum Gasteiger partial charge on any atom is -0.459 e. The molecule has 6 rings (SSSR count). The maximum absolute atomic E-state index is 13.6. The van der Waals surface area contributed by atoms with Crippen molar-refractivity contribution >= 4 is 33.4 Å². The summed E-state index contributed by atoms with van der Waals surface area (Å²) >= 11 is 3.46. The number of benzene rings is 3. The number of furan rings is 1. The van der Waals surface area contributed by atoms with E-state index in [0.717, 1.165) is 21.3 Å². The summed E-state index contributed by atoms with van der Waals surface area (Å²) in [5, 5.41) is 1.65. The number of hydrogen-bond acceptors (Lipinski definition) is 5. The van der Waals surface area contributed by atoms with E-state index in [9.17, 15) is 9.59 Å². The number of anilines is 1. The molecule has 0 radical (unpaired) electrons. The molecule has 0 bridgehead atoms. The highest BCUT2D eigenvalue weighted by atomic mass is 79.9. The number of para-hydroxylation sites is 1. The van der Waals surface area contributed by atoms with Crippen LogP contribution in [-0.4, -0.2) is 22.8 Å². The van der Waals surface area contributed by atoms with Gasteiger partial charge in [0.15, 0.2) is 6.10 Å². The molecule has 0 saturated carbocycles. The molecule has 2 amide bonds. The van der Waals surface area contributed by atoms with Gasteiger partial charge in [-0.1, -0.05) is 76.6 Å². The molecule has 3 heterocycles. The summed E-state index contributed by atoms with van der Waals surface area (Å²) in [6, 6.07) is 30.0. The molecule has 3 aromatic carbocycles. The minimum atomic E-state index is -0.905. The minimum absolute atomic E-state index is 0.217.